The van der Waals surface area contributed by atoms with Crippen molar-refractivity contribution in [2.75, 3.05) is 24.7 Å². The highest BCUT2D eigenvalue weighted by Gasteiger charge is 2.01. The van der Waals surface area contributed by atoms with Crippen molar-refractivity contribution < 1.29 is 19.1 Å². The number of thiol groups is 2. The lowest BCUT2D eigenvalue weighted by Crippen LogP contribution is -2.08. The Labute approximate surface area is 113 Å². The molecule has 0 unspecified atom stereocenters. The van der Waals surface area contributed by atoms with E-state index in [4.69, 9.17) is 9.47 Å². The summed E-state index contributed by atoms with van der Waals surface area (Å²) in [6, 6.07) is 0. The van der Waals surface area contributed by atoms with Gasteiger partial charge in [-0.05, 0) is 19.3 Å². The number of ether oxygens (including phenoxy) is 2. The number of carbonyl (C=O) groups excluding carboxylic acids is 2. The highest BCUT2D eigenvalue weighted by molar-refractivity contribution is 7.80. The minimum Gasteiger partial charge on any atom is -0.466 e. The molecular formula is C11H20O4S2. The topological polar surface area (TPSA) is 52.6 Å². The Morgan fingerprint density at radius 2 is 1.18 bits per heavy atom. The molecule has 0 rings (SSSR count). The van der Waals surface area contributed by atoms with Gasteiger partial charge in [-0.15, -0.1) is 0 Å². The van der Waals surface area contributed by atoms with Crippen molar-refractivity contribution in [1.82, 2.24) is 0 Å². The van der Waals surface area contributed by atoms with Gasteiger partial charge >= 0.3 is 11.9 Å². The summed E-state index contributed by atoms with van der Waals surface area (Å²) in [5.74, 6) is 0.611. The van der Waals surface area contributed by atoms with E-state index in [2.05, 4.69) is 25.3 Å². The summed E-state index contributed by atoms with van der Waals surface area (Å²) in [7, 11) is 0. The lowest BCUT2D eigenvalue weighted by atomic mass is 10.2. The molecule has 0 saturated carbocycles. The van der Waals surface area contributed by atoms with Gasteiger partial charge in [0.15, 0.2) is 0 Å². The van der Waals surface area contributed by atoms with Gasteiger partial charge in [0.1, 0.15) is 0 Å². The van der Waals surface area contributed by atoms with E-state index in [1.165, 1.54) is 0 Å². The summed E-state index contributed by atoms with van der Waals surface area (Å²) < 4.78 is 9.89. The molecule has 0 fully saturated rings. The molecule has 0 aliphatic carbocycles. The summed E-state index contributed by atoms with van der Waals surface area (Å²) in [5.41, 5.74) is 0. The van der Waals surface area contributed by atoms with Crippen molar-refractivity contribution in [2.45, 2.75) is 32.1 Å². The van der Waals surface area contributed by atoms with Gasteiger partial charge in [-0.2, -0.15) is 25.3 Å². The Balaban J connectivity index is 3.18. The molecule has 17 heavy (non-hydrogen) atoms. The largest absolute Gasteiger partial charge is 0.466 e. The molecule has 0 atom stereocenters. The van der Waals surface area contributed by atoms with Gasteiger partial charge in [-0.25, -0.2) is 0 Å². The Kier molecular flexibility index (Phi) is 11.8. The molecule has 0 aromatic heterocycles. The molecule has 0 N–H and O–H groups in total. The summed E-state index contributed by atoms with van der Waals surface area (Å²) in [4.78, 5) is 21.9. The monoisotopic (exact) mass is 280 g/mol. The second-order valence-electron chi connectivity index (χ2n) is 3.45. The van der Waals surface area contributed by atoms with Crippen molar-refractivity contribution >= 4 is 37.2 Å². The second-order valence-corrected chi connectivity index (χ2v) is 4.34. The highest BCUT2D eigenvalue weighted by Crippen LogP contribution is 1.99. The molecule has 0 amide bonds. The van der Waals surface area contributed by atoms with Gasteiger partial charge in [0.2, 0.25) is 0 Å². The quantitative estimate of drug-likeness (QED) is 0.364. The number of esters is 2. The van der Waals surface area contributed by atoms with Gasteiger partial charge < -0.3 is 9.47 Å². The second kappa shape index (κ2) is 12.1. The van der Waals surface area contributed by atoms with Crippen LogP contribution in [0, 0.1) is 0 Å². The molecule has 0 aromatic rings. The van der Waals surface area contributed by atoms with Crippen LogP contribution in [-0.4, -0.2) is 36.7 Å². The minimum absolute atomic E-state index is 0.208. The minimum atomic E-state index is -0.208. The van der Waals surface area contributed by atoms with E-state index in [1.807, 2.05) is 0 Å². The maximum Gasteiger partial charge on any atom is 0.306 e. The molecule has 0 heterocycles. The first kappa shape index (κ1) is 16.6. The lowest BCUT2D eigenvalue weighted by molar-refractivity contribution is -0.143. The number of rotatable bonds is 10. The van der Waals surface area contributed by atoms with Crippen LogP contribution in [0.4, 0.5) is 0 Å². The predicted molar refractivity (Wildman–Crippen MR) is 72.7 cm³/mol. The van der Waals surface area contributed by atoms with E-state index < -0.39 is 0 Å². The maximum atomic E-state index is 10.9. The lowest BCUT2D eigenvalue weighted by Gasteiger charge is -2.05. The fourth-order valence-electron chi connectivity index (χ4n) is 1.08. The zero-order valence-electron chi connectivity index (χ0n) is 9.89. The molecule has 0 spiro atoms. The van der Waals surface area contributed by atoms with Crippen LogP contribution in [-0.2, 0) is 19.1 Å². The van der Waals surface area contributed by atoms with Gasteiger partial charge in [-0.3, -0.25) is 9.59 Å². The zero-order valence-corrected chi connectivity index (χ0v) is 11.7. The molecule has 0 saturated heterocycles. The number of unbranched alkanes of at least 4 members (excludes halogenated alkanes) is 2. The van der Waals surface area contributed by atoms with Crippen LogP contribution in [0.1, 0.15) is 32.1 Å². The Morgan fingerprint density at radius 3 is 1.53 bits per heavy atom. The number of hydrogen-bond donors (Lipinski definition) is 2. The normalized spacial score (nSPS) is 10.0. The van der Waals surface area contributed by atoms with E-state index in [-0.39, 0.29) is 11.9 Å². The van der Waals surface area contributed by atoms with Crippen molar-refractivity contribution in [3.8, 4) is 0 Å². The Morgan fingerprint density at radius 1 is 0.765 bits per heavy atom. The van der Waals surface area contributed by atoms with Gasteiger partial charge in [0.25, 0.3) is 0 Å². The number of hydrogen-bond acceptors (Lipinski definition) is 6. The van der Waals surface area contributed by atoms with E-state index in [1.54, 1.807) is 0 Å². The third kappa shape index (κ3) is 11.9. The van der Waals surface area contributed by atoms with Gasteiger partial charge in [0.05, 0.1) is 26.1 Å². The molecule has 0 radical (unpaired) electrons. The first-order valence-electron chi connectivity index (χ1n) is 5.73. The fraction of sp³-hybridized carbons (Fsp3) is 0.818. The van der Waals surface area contributed by atoms with Crippen molar-refractivity contribution in [2.24, 2.45) is 0 Å². The first-order valence-corrected chi connectivity index (χ1v) is 7.00. The number of carbonyl (C=O) groups is 2. The molecule has 6 heteroatoms. The average Bonchev–Trinajstić information content (AvgIpc) is 2.28. The summed E-state index contributed by atoms with van der Waals surface area (Å²) in [6.45, 7) is 0.856. The summed E-state index contributed by atoms with van der Waals surface area (Å²) in [6.07, 6.45) is 3.17. The van der Waals surface area contributed by atoms with Crippen molar-refractivity contribution in [1.29, 1.82) is 0 Å². The maximum absolute atomic E-state index is 10.9. The fourth-order valence-corrected chi connectivity index (χ4v) is 1.44. The highest BCUT2D eigenvalue weighted by atomic mass is 32.1. The first-order chi connectivity index (χ1) is 8.20. The van der Waals surface area contributed by atoms with E-state index >= 15 is 0 Å². The summed E-state index contributed by atoms with van der Waals surface area (Å²) >= 11 is 7.87. The van der Waals surface area contributed by atoms with Crippen LogP contribution in [0.5, 0.6) is 0 Å². The zero-order chi connectivity index (χ0) is 12.9. The van der Waals surface area contributed by atoms with E-state index in [0.717, 1.165) is 19.3 Å². The van der Waals surface area contributed by atoms with Gasteiger partial charge in [-0.1, -0.05) is 0 Å². The molecule has 100 valence electrons. The third-order valence-corrected chi connectivity index (χ3v) is 2.39. The Hall–Kier alpha value is -0.360. The third-order valence-electron chi connectivity index (χ3n) is 1.95. The van der Waals surface area contributed by atoms with Crippen LogP contribution < -0.4 is 0 Å². The molecule has 0 bridgehead atoms. The smallest absolute Gasteiger partial charge is 0.306 e. The van der Waals surface area contributed by atoms with Crippen LogP contribution in [0.3, 0.4) is 0 Å². The van der Waals surface area contributed by atoms with E-state index in [0.29, 0.717) is 37.6 Å². The molecular weight excluding hydrogens is 260 g/mol. The van der Waals surface area contributed by atoms with Crippen molar-refractivity contribution in [3.63, 3.8) is 0 Å². The van der Waals surface area contributed by atoms with Crippen LogP contribution in [0.15, 0.2) is 0 Å². The van der Waals surface area contributed by atoms with Crippen LogP contribution >= 0.6 is 25.3 Å². The molecule has 4 nitrogen and oxygen atoms in total. The van der Waals surface area contributed by atoms with E-state index in [9.17, 15) is 9.59 Å². The van der Waals surface area contributed by atoms with Gasteiger partial charge in [0, 0.05) is 11.5 Å². The summed E-state index contributed by atoms with van der Waals surface area (Å²) in [5, 5.41) is 0. The average molecular weight is 280 g/mol. The molecule has 0 aromatic carbocycles. The van der Waals surface area contributed by atoms with Crippen molar-refractivity contribution in [3.05, 3.63) is 0 Å². The Bertz CT molecular complexity index is 200. The van der Waals surface area contributed by atoms with Crippen LogP contribution in [0.2, 0.25) is 0 Å². The van der Waals surface area contributed by atoms with Crippen LogP contribution in [0.25, 0.3) is 0 Å². The molecule has 0 aliphatic heterocycles. The SMILES string of the molecule is O=C(CCS)OCCCCCOC(=O)CCS. The predicted octanol–water partition coefficient (Wildman–Crippen LogP) is 1.88. The molecule has 0 aliphatic rings. The standard InChI is InChI=1S/C11H20O4S2/c12-10(4-8-16)14-6-2-1-3-7-15-11(13)5-9-17/h16-17H,1-9H2.